The van der Waals surface area contributed by atoms with Gasteiger partial charge in [0.25, 0.3) is 5.69 Å². The van der Waals surface area contributed by atoms with Gasteiger partial charge in [-0.25, -0.2) is 0 Å². The Kier molecular flexibility index (Phi) is 4.73. The van der Waals surface area contributed by atoms with Crippen molar-refractivity contribution in [3.8, 4) is 5.75 Å². The number of rotatable bonds is 4. The molecule has 8 heteroatoms. The SMILES string of the molecule is Cc1cc([N+](=O)[O-])ccc1O[C@H]1C[C@@H](O)[C@@H](O)C(CO)O1. The highest BCUT2D eigenvalue weighted by Gasteiger charge is 2.37. The molecule has 0 aromatic heterocycles. The van der Waals surface area contributed by atoms with Crippen molar-refractivity contribution in [2.45, 2.75) is 37.9 Å². The van der Waals surface area contributed by atoms with Gasteiger partial charge in [0, 0.05) is 18.6 Å². The summed E-state index contributed by atoms with van der Waals surface area (Å²) in [5.41, 5.74) is 0.502. The standard InChI is InChI=1S/C13H17NO7/c1-7-4-8(14(18)19)2-3-10(7)20-12-5-9(16)13(17)11(6-15)21-12/h2-4,9,11-13,15-17H,5-6H2,1H3/t9-,11?,12-,13-/m1/s1. The average Bonchev–Trinajstić information content (AvgIpc) is 2.44. The molecule has 21 heavy (non-hydrogen) atoms. The molecule has 3 N–H and O–H groups in total. The Morgan fingerprint density at radius 1 is 1.48 bits per heavy atom. The maximum atomic E-state index is 10.7. The summed E-state index contributed by atoms with van der Waals surface area (Å²) in [4.78, 5) is 10.2. The van der Waals surface area contributed by atoms with Crippen LogP contribution in [-0.2, 0) is 4.74 Å². The smallest absolute Gasteiger partial charge is 0.269 e. The lowest BCUT2D eigenvalue weighted by Crippen LogP contribution is -2.51. The first-order chi connectivity index (χ1) is 9.92. The Morgan fingerprint density at radius 2 is 2.19 bits per heavy atom. The second-order valence-corrected chi connectivity index (χ2v) is 4.91. The first kappa shape index (κ1) is 15.6. The minimum atomic E-state index is -1.17. The molecule has 1 saturated heterocycles. The average molecular weight is 299 g/mol. The van der Waals surface area contributed by atoms with Crippen molar-refractivity contribution >= 4 is 5.69 Å². The van der Waals surface area contributed by atoms with E-state index in [2.05, 4.69) is 0 Å². The van der Waals surface area contributed by atoms with Crippen LogP contribution in [0.1, 0.15) is 12.0 Å². The lowest BCUT2D eigenvalue weighted by Gasteiger charge is -2.36. The molecular formula is C13H17NO7. The molecule has 1 unspecified atom stereocenters. The molecule has 1 heterocycles. The molecule has 1 aromatic rings. The summed E-state index contributed by atoms with van der Waals surface area (Å²) in [6, 6.07) is 4.12. The van der Waals surface area contributed by atoms with Gasteiger partial charge in [0.05, 0.1) is 17.6 Å². The molecule has 0 bridgehead atoms. The Hall–Kier alpha value is -1.74. The number of benzene rings is 1. The largest absolute Gasteiger partial charge is 0.465 e. The molecule has 1 aromatic carbocycles. The van der Waals surface area contributed by atoms with E-state index in [-0.39, 0.29) is 12.1 Å². The maximum absolute atomic E-state index is 10.7. The van der Waals surface area contributed by atoms with Crippen molar-refractivity contribution in [3.63, 3.8) is 0 Å². The summed E-state index contributed by atoms with van der Waals surface area (Å²) in [6.45, 7) is 1.21. The van der Waals surface area contributed by atoms with Crippen molar-refractivity contribution in [1.82, 2.24) is 0 Å². The van der Waals surface area contributed by atoms with Crippen molar-refractivity contribution in [1.29, 1.82) is 0 Å². The normalized spacial score (nSPS) is 29.1. The van der Waals surface area contributed by atoms with E-state index in [1.165, 1.54) is 18.2 Å². The molecule has 0 saturated carbocycles. The molecule has 4 atom stereocenters. The zero-order valence-electron chi connectivity index (χ0n) is 11.4. The van der Waals surface area contributed by atoms with Crippen LogP contribution in [0.2, 0.25) is 0 Å². The summed E-state index contributed by atoms with van der Waals surface area (Å²) >= 11 is 0. The van der Waals surface area contributed by atoms with Gasteiger partial charge in [-0.1, -0.05) is 0 Å². The lowest BCUT2D eigenvalue weighted by atomic mass is 10.0. The number of aliphatic hydroxyl groups excluding tert-OH is 3. The van der Waals surface area contributed by atoms with E-state index >= 15 is 0 Å². The van der Waals surface area contributed by atoms with Crippen molar-refractivity contribution in [3.05, 3.63) is 33.9 Å². The van der Waals surface area contributed by atoms with E-state index in [9.17, 15) is 20.3 Å². The molecule has 1 aliphatic heterocycles. The quantitative estimate of drug-likeness (QED) is 0.532. The number of non-ortho nitro benzene ring substituents is 1. The minimum Gasteiger partial charge on any atom is -0.465 e. The number of aliphatic hydroxyl groups is 3. The van der Waals surface area contributed by atoms with Crippen molar-refractivity contribution in [2.75, 3.05) is 6.61 Å². The second kappa shape index (κ2) is 6.35. The Bertz CT molecular complexity index is 521. The highest BCUT2D eigenvalue weighted by atomic mass is 16.7. The third-order valence-electron chi connectivity index (χ3n) is 3.34. The molecular weight excluding hydrogens is 282 g/mol. The summed E-state index contributed by atoms with van der Waals surface area (Å²) < 4.78 is 10.9. The van der Waals surface area contributed by atoms with Crippen LogP contribution < -0.4 is 4.74 Å². The van der Waals surface area contributed by atoms with Gasteiger partial charge < -0.3 is 24.8 Å². The van der Waals surface area contributed by atoms with Gasteiger partial charge in [-0.05, 0) is 18.6 Å². The Morgan fingerprint density at radius 3 is 2.76 bits per heavy atom. The number of nitrogens with zero attached hydrogens (tertiary/aromatic N) is 1. The van der Waals surface area contributed by atoms with E-state index < -0.39 is 36.1 Å². The van der Waals surface area contributed by atoms with Crippen LogP contribution in [-0.4, -0.2) is 51.5 Å². The van der Waals surface area contributed by atoms with E-state index in [0.717, 1.165) is 0 Å². The fraction of sp³-hybridized carbons (Fsp3) is 0.538. The Labute approximate surface area is 120 Å². The van der Waals surface area contributed by atoms with E-state index in [1.54, 1.807) is 6.92 Å². The number of ether oxygens (including phenoxy) is 2. The van der Waals surface area contributed by atoms with Crippen molar-refractivity contribution in [2.24, 2.45) is 0 Å². The highest BCUT2D eigenvalue weighted by Crippen LogP contribution is 2.28. The topological polar surface area (TPSA) is 122 Å². The predicted octanol–water partition coefficient (Wildman–Crippen LogP) is 0.111. The van der Waals surface area contributed by atoms with Gasteiger partial charge in [0.1, 0.15) is 18.0 Å². The highest BCUT2D eigenvalue weighted by molar-refractivity contribution is 5.43. The zero-order valence-corrected chi connectivity index (χ0v) is 11.4. The third-order valence-corrected chi connectivity index (χ3v) is 3.34. The van der Waals surface area contributed by atoms with Crippen LogP contribution in [0, 0.1) is 17.0 Å². The summed E-state index contributed by atoms with van der Waals surface area (Å²) in [6.07, 6.45) is -3.99. The second-order valence-electron chi connectivity index (χ2n) is 4.91. The number of nitro groups is 1. The van der Waals surface area contributed by atoms with Gasteiger partial charge in [-0.3, -0.25) is 10.1 Å². The van der Waals surface area contributed by atoms with Crippen LogP contribution in [0.3, 0.4) is 0 Å². The zero-order chi connectivity index (χ0) is 15.6. The van der Waals surface area contributed by atoms with Crippen molar-refractivity contribution < 1.29 is 29.7 Å². The number of hydrogen-bond acceptors (Lipinski definition) is 7. The predicted molar refractivity (Wildman–Crippen MR) is 70.8 cm³/mol. The monoisotopic (exact) mass is 299 g/mol. The molecule has 1 aliphatic rings. The first-order valence-corrected chi connectivity index (χ1v) is 6.46. The van der Waals surface area contributed by atoms with E-state index in [0.29, 0.717) is 11.3 Å². The summed E-state index contributed by atoms with van der Waals surface area (Å²) in [5, 5.41) is 39.1. The summed E-state index contributed by atoms with van der Waals surface area (Å²) in [7, 11) is 0. The molecule has 1 fully saturated rings. The van der Waals surface area contributed by atoms with E-state index in [4.69, 9.17) is 14.6 Å². The minimum absolute atomic E-state index is 0.0358. The third kappa shape index (κ3) is 3.48. The number of nitro benzene ring substituents is 1. The number of aryl methyl sites for hydroxylation is 1. The van der Waals surface area contributed by atoms with Crippen LogP contribution in [0.4, 0.5) is 5.69 Å². The van der Waals surface area contributed by atoms with Gasteiger partial charge in [-0.2, -0.15) is 0 Å². The summed E-state index contributed by atoms with van der Waals surface area (Å²) in [5.74, 6) is 0.380. The molecule has 2 rings (SSSR count). The van der Waals surface area contributed by atoms with Gasteiger partial charge in [0.15, 0.2) is 0 Å². The molecule has 8 nitrogen and oxygen atoms in total. The maximum Gasteiger partial charge on any atom is 0.269 e. The number of hydrogen-bond donors (Lipinski definition) is 3. The molecule has 0 spiro atoms. The van der Waals surface area contributed by atoms with Crippen LogP contribution >= 0.6 is 0 Å². The lowest BCUT2D eigenvalue weighted by molar-refractivity contribution is -0.384. The fourth-order valence-corrected chi connectivity index (χ4v) is 2.16. The first-order valence-electron chi connectivity index (χ1n) is 6.46. The molecule has 0 radical (unpaired) electrons. The van der Waals surface area contributed by atoms with Crippen LogP contribution in [0.5, 0.6) is 5.75 Å². The van der Waals surface area contributed by atoms with Gasteiger partial charge in [-0.15, -0.1) is 0 Å². The molecule has 0 amide bonds. The van der Waals surface area contributed by atoms with Gasteiger partial charge >= 0.3 is 0 Å². The van der Waals surface area contributed by atoms with Crippen LogP contribution in [0.25, 0.3) is 0 Å². The Balaban J connectivity index is 2.09. The molecule has 116 valence electrons. The molecule has 0 aliphatic carbocycles. The van der Waals surface area contributed by atoms with E-state index in [1.807, 2.05) is 0 Å². The fourth-order valence-electron chi connectivity index (χ4n) is 2.16. The van der Waals surface area contributed by atoms with Crippen LogP contribution in [0.15, 0.2) is 18.2 Å². The van der Waals surface area contributed by atoms with Gasteiger partial charge in [0.2, 0.25) is 6.29 Å².